The third-order valence-electron chi connectivity index (χ3n) is 4.44. The summed E-state index contributed by atoms with van der Waals surface area (Å²) in [6.45, 7) is 1.68. The lowest BCUT2D eigenvalue weighted by Gasteiger charge is -2.11. The average molecular weight is 457 g/mol. The molecule has 29 heavy (non-hydrogen) atoms. The van der Waals surface area contributed by atoms with E-state index in [2.05, 4.69) is 34.1 Å². The molecule has 2 aromatic rings. The molecule has 0 aliphatic rings. The number of nitrogens with zero attached hydrogens (tertiary/aromatic N) is 2. The first kappa shape index (κ1) is 24.8. The number of hydrogen-bond donors (Lipinski definition) is 2. The highest BCUT2D eigenvalue weighted by Crippen LogP contribution is 2.20. The first-order valence-corrected chi connectivity index (χ1v) is 12.4. The van der Waals surface area contributed by atoms with Gasteiger partial charge in [0.1, 0.15) is 23.0 Å². The lowest BCUT2D eigenvalue weighted by molar-refractivity contribution is 0.341. The molecule has 2 unspecified atom stereocenters. The first-order valence-electron chi connectivity index (χ1n) is 10.2. The number of rotatable bonds is 14. The molecule has 0 bridgehead atoms. The maximum absolute atomic E-state index is 5.88. The molecule has 2 heterocycles. The van der Waals surface area contributed by atoms with Crippen LogP contribution in [0.25, 0.3) is 0 Å². The van der Waals surface area contributed by atoms with Gasteiger partial charge in [-0.25, -0.2) is 0 Å². The predicted molar refractivity (Wildman–Crippen MR) is 132 cm³/mol. The Kier molecular flexibility index (Phi) is 11.2. The van der Waals surface area contributed by atoms with Crippen molar-refractivity contribution in [1.29, 1.82) is 0 Å². The van der Waals surface area contributed by atoms with E-state index in [1.165, 1.54) is 0 Å². The van der Waals surface area contributed by atoms with Gasteiger partial charge in [0.15, 0.2) is 0 Å². The Morgan fingerprint density at radius 1 is 0.724 bits per heavy atom. The van der Waals surface area contributed by atoms with Crippen LogP contribution in [0.4, 0.5) is 0 Å². The average Bonchev–Trinajstić information content (AvgIpc) is 3.23. The minimum Gasteiger partial charge on any atom is -0.465 e. The second-order valence-electron chi connectivity index (χ2n) is 8.12. The molecule has 0 aliphatic carbocycles. The molecule has 0 N–H and O–H groups in total. The van der Waals surface area contributed by atoms with E-state index in [1.807, 2.05) is 40.0 Å². The molecule has 2 atom stereocenters. The zero-order valence-corrected chi connectivity index (χ0v) is 20.7. The second kappa shape index (κ2) is 13.1. The minimum absolute atomic E-state index is 0.339. The molecule has 0 aliphatic heterocycles. The maximum atomic E-state index is 5.88. The fraction of sp³-hybridized carbons (Fsp3) is 0.636. The highest BCUT2D eigenvalue weighted by atomic mass is 32.2. The molecule has 0 fully saturated rings. The van der Waals surface area contributed by atoms with Gasteiger partial charge >= 0.3 is 0 Å². The van der Waals surface area contributed by atoms with Crippen LogP contribution in [0.15, 0.2) is 33.1 Å². The van der Waals surface area contributed by atoms with E-state index in [4.69, 9.17) is 34.1 Å². The Hall–Kier alpha value is -0.470. The highest BCUT2D eigenvalue weighted by molar-refractivity contribution is 7.99. The van der Waals surface area contributed by atoms with Crippen molar-refractivity contribution >= 4 is 37.0 Å². The fourth-order valence-corrected chi connectivity index (χ4v) is 5.14. The van der Waals surface area contributed by atoms with Gasteiger partial charge in [-0.15, -0.1) is 0 Å². The van der Waals surface area contributed by atoms with Crippen molar-refractivity contribution in [1.82, 2.24) is 9.80 Å². The standard InChI is InChI=1S/C22H36N2O2S3/c1-23(2)15-19-7-5-17(25-19)13-21(27)9-11-29-12-10-22(28)14-18-6-8-20(26-18)16-24(3)4/h5-8,21-22,27-28H,9-16H2,1-4H3. The Morgan fingerprint density at radius 2 is 1.10 bits per heavy atom. The van der Waals surface area contributed by atoms with Gasteiger partial charge in [0, 0.05) is 23.3 Å². The van der Waals surface area contributed by atoms with Gasteiger partial charge in [0.25, 0.3) is 0 Å². The molecule has 0 spiro atoms. The van der Waals surface area contributed by atoms with Crippen molar-refractivity contribution in [3.05, 3.63) is 47.3 Å². The molecule has 0 saturated carbocycles. The lowest BCUT2D eigenvalue weighted by Crippen LogP contribution is -2.10. The largest absolute Gasteiger partial charge is 0.465 e. The van der Waals surface area contributed by atoms with Gasteiger partial charge < -0.3 is 18.6 Å². The van der Waals surface area contributed by atoms with Crippen molar-refractivity contribution in [2.24, 2.45) is 0 Å². The summed E-state index contributed by atoms with van der Waals surface area (Å²) >= 11 is 11.5. The zero-order valence-electron chi connectivity index (χ0n) is 18.1. The van der Waals surface area contributed by atoms with Crippen molar-refractivity contribution in [3.8, 4) is 0 Å². The molecule has 0 aromatic carbocycles. The van der Waals surface area contributed by atoms with E-state index in [-0.39, 0.29) is 0 Å². The van der Waals surface area contributed by atoms with Gasteiger partial charge in [-0.2, -0.15) is 37.0 Å². The van der Waals surface area contributed by atoms with E-state index in [1.54, 1.807) is 0 Å². The molecule has 4 nitrogen and oxygen atoms in total. The molecule has 164 valence electrons. The second-order valence-corrected chi connectivity index (χ2v) is 10.8. The van der Waals surface area contributed by atoms with Gasteiger partial charge in [-0.3, -0.25) is 0 Å². The molecule has 2 aromatic heterocycles. The lowest BCUT2D eigenvalue weighted by atomic mass is 10.2. The third-order valence-corrected chi connectivity index (χ3v) is 6.37. The SMILES string of the molecule is CN(C)Cc1ccc(CC(S)CCSCCC(S)Cc2ccc(CN(C)C)o2)o1. The van der Waals surface area contributed by atoms with Crippen molar-refractivity contribution in [2.45, 2.75) is 49.3 Å². The Labute approximate surface area is 191 Å². The smallest absolute Gasteiger partial charge is 0.118 e. The summed E-state index contributed by atoms with van der Waals surface area (Å²) < 4.78 is 11.8. The van der Waals surface area contributed by atoms with Crippen LogP contribution in [0, 0.1) is 0 Å². The van der Waals surface area contributed by atoms with Crippen LogP contribution in [-0.4, -0.2) is 60.0 Å². The minimum atomic E-state index is 0.339. The van der Waals surface area contributed by atoms with Crippen LogP contribution >= 0.6 is 37.0 Å². The third kappa shape index (κ3) is 10.4. The van der Waals surface area contributed by atoms with E-state index < -0.39 is 0 Å². The van der Waals surface area contributed by atoms with Gasteiger partial charge in [0.05, 0.1) is 13.1 Å². The molecule has 0 saturated heterocycles. The summed E-state index contributed by atoms with van der Waals surface area (Å²) in [5, 5.41) is 0.678. The fourth-order valence-electron chi connectivity index (χ4n) is 3.07. The van der Waals surface area contributed by atoms with Crippen LogP contribution < -0.4 is 0 Å². The normalized spacial score (nSPS) is 14.1. The summed E-state index contributed by atoms with van der Waals surface area (Å²) in [6, 6.07) is 8.30. The monoisotopic (exact) mass is 456 g/mol. The summed E-state index contributed by atoms with van der Waals surface area (Å²) in [5.41, 5.74) is 0. The van der Waals surface area contributed by atoms with Crippen LogP contribution in [-0.2, 0) is 25.9 Å². The van der Waals surface area contributed by atoms with Gasteiger partial charge in [0.2, 0.25) is 0 Å². The molecule has 7 heteroatoms. The van der Waals surface area contributed by atoms with Crippen molar-refractivity contribution in [2.75, 3.05) is 39.7 Å². The van der Waals surface area contributed by atoms with Crippen LogP contribution in [0.5, 0.6) is 0 Å². The molecule has 0 amide bonds. The van der Waals surface area contributed by atoms with Crippen LogP contribution in [0.2, 0.25) is 0 Å². The Balaban J connectivity index is 1.56. The highest BCUT2D eigenvalue weighted by Gasteiger charge is 2.11. The number of thioether (sulfide) groups is 1. The zero-order chi connectivity index (χ0) is 21.2. The van der Waals surface area contributed by atoms with E-state index in [0.717, 1.165) is 73.3 Å². The number of furan rings is 2. The topological polar surface area (TPSA) is 32.8 Å². The van der Waals surface area contributed by atoms with Crippen molar-refractivity contribution < 1.29 is 8.83 Å². The molecule has 2 rings (SSSR count). The Morgan fingerprint density at radius 3 is 1.48 bits per heavy atom. The molecular formula is C22H36N2O2S3. The summed E-state index contributed by atoms with van der Waals surface area (Å²) in [4.78, 5) is 4.22. The van der Waals surface area contributed by atoms with E-state index in [0.29, 0.717) is 10.5 Å². The summed E-state index contributed by atoms with van der Waals surface area (Å²) in [6.07, 6.45) is 3.95. The van der Waals surface area contributed by atoms with E-state index >= 15 is 0 Å². The molecule has 0 radical (unpaired) electrons. The van der Waals surface area contributed by atoms with E-state index in [9.17, 15) is 0 Å². The maximum Gasteiger partial charge on any atom is 0.118 e. The summed E-state index contributed by atoms with van der Waals surface area (Å²) in [7, 11) is 8.20. The number of hydrogen-bond acceptors (Lipinski definition) is 7. The first-order chi connectivity index (χ1) is 13.8. The van der Waals surface area contributed by atoms with Crippen LogP contribution in [0.3, 0.4) is 0 Å². The van der Waals surface area contributed by atoms with Gasteiger partial charge in [-0.05, 0) is 76.8 Å². The van der Waals surface area contributed by atoms with Gasteiger partial charge in [-0.1, -0.05) is 0 Å². The Bertz CT molecular complexity index is 642. The van der Waals surface area contributed by atoms with Crippen molar-refractivity contribution in [3.63, 3.8) is 0 Å². The predicted octanol–water partition coefficient (Wildman–Crippen LogP) is 4.89. The summed E-state index contributed by atoms with van der Waals surface area (Å²) in [5.74, 6) is 6.35. The quantitative estimate of drug-likeness (QED) is 0.312. The van der Waals surface area contributed by atoms with Crippen LogP contribution in [0.1, 0.15) is 35.9 Å². The number of thiol groups is 2. The molecular weight excluding hydrogens is 420 g/mol.